The summed E-state index contributed by atoms with van der Waals surface area (Å²) in [6.07, 6.45) is 2.20. The summed E-state index contributed by atoms with van der Waals surface area (Å²) in [7, 11) is 0. The van der Waals surface area contributed by atoms with Gasteiger partial charge in [-0.1, -0.05) is 36.6 Å². The van der Waals surface area contributed by atoms with Gasteiger partial charge in [-0.05, 0) is 31.9 Å². The molecule has 0 radical (unpaired) electrons. The largest absolute Gasteiger partial charge is 0.452 e. The molecule has 3 atom stereocenters. The number of amides is 3. The monoisotopic (exact) mass is 406 g/mol. The minimum atomic E-state index is -1.03. The van der Waals surface area contributed by atoms with E-state index in [0.29, 0.717) is 10.7 Å². The molecule has 150 valence electrons. The molecule has 1 N–H and O–H groups in total. The molecule has 1 saturated carbocycles. The molecule has 3 amide bonds. The Hall–Kier alpha value is -2.41. The first-order valence-corrected chi connectivity index (χ1v) is 9.86. The molecule has 1 aliphatic carbocycles. The molecule has 2 fully saturated rings. The van der Waals surface area contributed by atoms with Crippen LogP contribution in [0.1, 0.15) is 39.0 Å². The van der Waals surface area contributed by atoms with Crippen molar-refractivity contribution in [3.05, 3.63) is 29.3 Å². The minimum Gasteiger partial charge on any atom is -0.452 e. The lowest BCUT2D eigenvalue weighted by atomic mass is 9.81. The van der Waals surface area contributed by atoms with Crippen LogP contribution in [-0.4, -0.2) is 41.2 Å². The SMILES string of the molecule is C[C@H](OC(=O)CCN1C(=O)[C@H]2CCCC[C@H]2C1=O)C(=O)Nc1ccccc1Cl. The van der Waals surface area contributed by atoms with Gasteiger partial charge in [-0.25, -0.2) is 0 Å². The maximum atomic E-state index is 12.4. The van der Waals surface area contributed by atoms with Gasteiger partial charge in [0.1, 0.15) is 0 Å². The summed E-state index contributed by atoms with van der Waals surface area (Å²) in [5.74, 6) is -2.01. The predicted octanol–water partition coefficient (Wildman–Crippen LogP) is 2.78. The number of imide groups is 1. The zero-order valence-corrected chi connectivity index (χ0v) is 16.4. The van der Waals surface area contributed by atoms with Gasteiger partial charge in [-0.3, -0.25) is 24.1 Å². The minimum absolute atomic E-state index is 0.0116. The Bertz CT molecular complexity index is 773. The van der Waals surface area contributed by atoms with Crippen LogP contribution in [0.2, 0.25) is 5.02 Å². The fraction of sp³-hybridized carbons (Fsp3) is 0.500. The van der Waals surface area contributed by atoms with Gasteiger partial charge in [0.05, 0.1) is 29.0 Å². The van der Waals surface area contributed by atoms with Gasteiger partial charge in [0, 0.05) is 6.54 Å². The first kappa shape index (κ1) is 20.3. The second-order valence-corrected chi connectivity index (χ2v) is 7.58. The van der Waals surface area contributed by atoms with E-state index in [1.165, 1.54) is 11.8 Å². The number of fused-ring (bicyclic) bond motifs is 1. The number of rotatable bonds is 6. The third-order valence-corrected chi connectivity index (χ3v) is 5.61. The smallest absolute Gasteiger partial charge is 0.308 e. The van der Waals surface area contributed by atoms with Crippen LogP contribution in [0.5, 0.6) is 0 Å². The standard InChI is InChI=1S/C20H23ClN2O5/c1-12(18(25)22-16-9-5-4-8-15(16)21)28-17(24)10-11-23-19(26)13-6-2-3-7-14(13)20(23)27/h4-5,8-9,12-14H,2-3,6-7,10-11H2,1H3,(H,22,25)/t12-,13-,14+/m0/s1. The highest BCUT2D eigenvalue weighted by Gasteiger charge is 2.47. The Morgan fingerprint density at radius 3 is 2.39 bits per heavy atom. The van der Waals surface area contributed by atoms with Crippen LogP contribution in [0.4, 0.5) is 5.69 Å². The summed E-state index contributed by atoms with van der Waals surface area (Å²) < 4.78 is 5.13. The summed E-state index contributed by atoms with van der Waals surface area (Å²) >= 11 is 5.99. The fourth-order valence-corrected chi connectivity index (χ4v) is 3.94. The highest BCUT2D eigenvalue weighted by Crippen LogP contribution is 2.38. The number of nitrogens with one attached hydrogen (secondary N) is 1. The Labute approximate surface area is 168 Å². The van der Waals surface area contributed by atoms with Crippen molar-refractivity contribution in [1.82, 2.24) is 4.90 Å². The van der Waals surface area contributed by atoms with Crippen LogP contribution in [0.15, 0.2) is 24.3 Å². The normalized spacial score (nSPS) is 22.6. The Balaban J connectivity index is 1.48. The first-order chi connectivity index (χ1) is 13.4. The number of benzene rings is 1. The number of nitrogens with zero attached hydrogens (tertiary/aromatic N) is 1. The Morgan fingerprint density at radius 1 is 1.18 bits per heavy atom. The van der Waals surface area contributed by atoms with Crippen molar-refractivity contribution in [2.24, 2.45) is 11.8 Å². The van der Waals surface area contributed by atoms with E-state index in [-0.39, 0.29) is 36.6 Å². The molecule has 1 saturated heterocycles. The van der Waals surface area contributed by atoms with E-state index in [1.54, 1.807) is 24.3 Å². The number of halogens is 1. The van der Waals surface area contributed by atoms with Gasteiger partial charge in [0.25, 0.3) is 5.91 Å². The van der Waals surface area contributed by atoms with E-state index in [2.05, 4.69) is 5.32 Å². The van der Waals surface area contributed by atoms with Crippen LogP contribution >= 0.6 is 11.6 Å². The van der Waals surface area contributed by atoms with Crippen molar-refractivity contribution < 1.29 is 23.9 Å². The second kappa shape index (κ2) is 8.73. The topological polar surface area (TPSA) is 92.8 Å². The lowest BCUT2D eigenvalue weighted by Crippen LogP contribution is -2.35. The van der Waals surface area contributed by atoms with E-state index in [0.717, 1.165) is 25.7 Å². The third kappa shape index (κ3) is 4.35. The lowest BCUT2D eigenvalue weighted by molar-refractivity contribution is -0.154. The lowest BCUT2D eigenvalue weighted by Gasteiger charge is -2.19. The van der Waals surface area contributed by atoms with Gasteiger partial charge < -0.3 is 10.1 Å². The van der Waals surface area contributed by atoms with Gasteiger partial charge in [-0.2, -0.15) is 0 Å². The average Bonchev–Trinajstić information content (AvgIpc) is 2.92. The summed E-state index contributed by atoms with van der Waals surface area (Å²) in [6.45, 7) is 1.44. The third-order valence-electron chi connectivity index (χ3n) is 5.28. The quantitative estimate of drug-likeness (QED) is 0.579. The molecule has 1 heterocycles. The molecule has 1 aromatic carbocycles. The molecule has 0 unspecified atom stereocenters. The van der Waals surface area contributed by atoms with Crippen LogP contribution in [0, 0.1) is 11.8 Å². The van der Waals surface area contributed by atoms with Crippen LogP contribution in [0.25, 0.3) is 0 Å². The number of carbonyl (C=O) groups is 4. The number of carbonyl (C=O) groups excluding carboxylic acids is 4. The van der Waals surface area contributed by atoms with E-state index in [4.69, 9.17) is 16.3 Å². The Kier molecular flexibility index (Phi) is 6.34. The van der Waals surface area contributed by atoms with Crippen molar-refractivity contribution in [3.63, 3.8) is 0 Å². The summed E-state index contributed by atoms with van der Waals surface area (Å²) in [4.78, 5) is 50.2. The zero-order valence-electron chi connectivity index (χ0n) is 15.7. The van der Waals surface area contributed by atoms with Crippen molar-refractivity contribution in [1.29, 1.82) is 0 Å². The Morgan fingerprint density at radius 2 is 1.79 bits per heavy atom. The molecule has 28 heavy (non-hydrogen) atoms. The number of para-hydroxylation sites is 1. The number of esters is 1. The fourth-order valence-electron chi connectivity index (χ4n) is 3.76. The molecule has 0 aromatic heterocycles. The second-order valence-electron chi connectivity index (χ2n) is 7.18. The van der Waals surface area contributed by atoms with Gasteiger partial charge in [0.2, 0.25) is 11.8 Å². The molecule has 0 spiro atoms. The van der Waals surface area contributed by atoms with Gasteiger partial charge >= 0.3 is 5.97 Å². The molecule has 8 heteroatoms. The van der Waals surface area contributed by atoms with Gasteiger partial charge in [-0.15, -0.1) is 0 Å². The molecule has 1 aromatic rings. The number of hydrogen-bond donors (Lipinski definition) is 1. The number of anilines is 1. The van der Waals surface area contributed by atoms with Crippen LogP contribution < -0.4 is 5.32 Å². The molecular weight excluding hydrogens is 384 g/mol. The van der Waals surface area contributed by atoms with E-state index in [1.807, 2.05) is 0 Å². The van der Waals surface area contributed by atoms with Crippen molar-refractivity contribution in [2.75, 3.05) is 11.9 Å². The maximum Gasteiger partial charge on any atom is 0.308 e. The maximum absolute atomic E-state index is 12.4. The van der Waals surface area contributed by atoms with E-state index in [9.17, 15) is 19.2 Å². The molecule has 3 rings (SSSR count). The van der Waals surface area contributed by atoms with E-state index >= 15 is 0 Å². The highest BCUT2D eigenvalue weighted by molar-refractivity contribution is 6.33. The van der Waals surface area contributed by atoms with Crippen LogP contribution in [-0.2, 0) is 23.9 Å². The molecule has 0 bridgehead atoms. The highest BCUT2D eigenvalue weighted by atomic mass is 35.5. The van der Waals surface area contributed by atoms with Gasteiger partial charge in [0.15, 0.2) is 6.10 Å². The molecular formula is C20H23ClN2O5. The zero-order chi connectivity index (χ0) is 20.3. The predicted molar refractivity (Wildman–Crippen MR) is 102 cm³/mol. The summed E-state index contributed by atoms with van der Waals surface area (Å²) in [5.41, 5.74) is 0.424. The molecule has 7 nitrogen and oxygen atoms in total. The summed E-state index contributed by atoms with van der Waals surface area (Å²) in [6, 6.07) is 6.73. The number of ether oxygens (including phenoxy) is 1. The first-order valence-electron chi connectivity index (χ1n) is 9.48. The van der Waals surface area contributed by atoms with Crippen molar-refractivity contribution in [3.8, 4) is 0 Å². The molecule has 2 aliphatic rings. The van der Waals surface area contributed by atoms with Crippen molar-refractivity contribution >= 4 is 41.0 Å². The van der Waals surface area contributed by atoms with Crippen LogP contribution in [0.3, 0.4) is 0 Å². The molecule has 1 aliphatic heterocycles. The summed E-state index contributed by atoms with van der Waals surface area (Å²) in [5, 5.41) is 2.97. The number of likely N-dealkylation sites (tertiary alicyclic amines) is 1. The van der Waals surface area contributed by atoms with Crippen molar-refractivity contribution in [2.45, 2.75) is 45.1 Å². The number of hydrogen-bond acceptors (Lipinski definition) is 5. The average molecular weight is 407 g/mol. The van der Waals surface area contributed by atoms with E-state index < -0.39 is 18.0 Å².